The van der Waals surface area contributed by atoms with Gasteiger partial charge in [-0.3, -0.25) is 4.57 Å². The molecular formula is C49H22B8N2. The Morgan fingerprint density at radius 3 is 1.42 bits per heavy atom. The molecule has 10 aromatic rings. The van der Waals surface area contributed by atoms with Crippen molar-refractivity contribution in [2.75, 3.05) is 0 Å². The number of hydrogen-bond donors (Lipinski definition) is 0. The van der Waals surface area contributed by atoms with E-state index in [9.17, 15) is 0 Å². The zero-order chi connectivity index (χ0) is 40.4. The molecule has 1 aliphatic rings. The first-order chi connectivity index (χ1) is 28.7. The molecule has 0 amide bonds. The first-order valence-corrected chi connectivity index (χ1v) is 19.2. The lowest BCUT2D eigenvalue weighted by Crippen LogP contribution is -2.50. The number of rotatable bonds is 4. The Balaban J connectivity index is 1.25. The Morgan fingerprint density at radius 1 is 0.339 bits per heavy atom. The smallest absolute Gasteiger partial charge is 0.145 e. The van der Waals surface area contributed by atoms with Crippen molar-refractivity contribution >= 4 is 150 Å². The van der Waals surface area contributed by atoms with Crippen LogP contribution in [0, 0.1) is 0 Å². The lowest BCUT2D eigenvalue weighted by Gasteiger charge is -2.29. The molecule has 0 bridgehead atoms. The molecule has 0 atom stereocenters. The fraction of sp³-hybridized carbons (Fsp3) is 0. The van der Waals surface area contributed by atoms with Crippen LogP contribution in [0.3, 0.4) is 0 Å². The van der Waals surface area contributed by atoms with Crippen LogP contribution < -0.4 is 43.7 Å². The molecule has 0 N–H and O–H groups in total. The molecule has 10 heteroatoms. The Kier molecular flexibility index (Phi) is 7.98. The van der Waals surface area contributed by atoms with Gasteiger partial charge in [0.15, 0.2) is 0 Å². The number of fused-ring (bicyclic) bond motifs is 6. The molecule has 252 valence electrons. The van der Waals surface area contributed by atoms with Crippen LogP contribution in [0.2, 0.25) is 0 Å². The highest BCUT2D eigenvalue weighted by molar-refractivity contribution is 6.71. The van der Waals surface area contributed by atoms with Gasteiger partial charge in [-0.1, -0.05) is 131 Å². The van der Waals surface area contributed by atoms with E-state index in [1.54, 1.807) is 0 Å². The van der Waals surface area contributed by atoms with Crippen molar-refractivity contribution in [1.29, 1.82) is 0 Å². The van der Waals surface area contributed by atoms with Gasteiger partial charge in [-0.25, -0.2) is 4.98 Å². The van der Waals surface area contributed by atoms with Crippen LogP contribution in [-0.2, 0) is 0 Å². The van der Waals surface area contributed by atoms with Gasteiger partial charge in [0, 0.05) is 11.3 Å². The molecule has 1 aliphatic carbocycles. The maximum absolute atomic E-state index is 7.11. The molecule has 0 unspecified atom stereocenters. The van der Waals surface area contributed by atoms with E-state index in [0.717, 1.165) is 61.1 Å². The molecule has 0 saturated heterocycles. The highest BCUT2D eigenvalue weighted by atomic mass is 15.1. The average Bonchev–Trinajstić information content (AvgIpc) is 3.83. The number of aromatic nitrogens is 2. The van der Waals surface area contributed by atoms with Gasteiger partial charge >= 0.3 is 0 Å². The van der Waals surface area contributed by atoms with Gasteiger partial charge < -0.3 is 0 Å². The fourth-order valence-electron chi connectivity index (χ4n) is 9.37. The normalized spacial score (nSPS) is 11.9. The number of hydrogen-bond acceptors (Lipinski definition) is 1. The molecule has 16 radical (unpaired) electrons. The molecule has 11 rings (SSSR count). The lowest BCUT2D eigenvalue weighted by atomic mass is 9.59. The molecule has 0 spiro atoms. The van der Waals surface area contributed by atoms with E-state index in [-0.39, 0.29) is 43.7 Å². The molecular weight excluding hydrogens is 703 g/mol. The van der Waals surface area contributed by atoms with Crippen molar-refractivity contribution in [3.8, 4) is 61.6 Å². The monoisotopic (exact) mass is 726 g/mol. The first kappa shape index (κ1) is 35.9. The average molecular weight is 725 g/mol. The maximum Gasteiger partial charge on any atom is 0.145 e. The number of benzene rings is 9. The summed E-state index contributed by atoms with van der Waals surface area (Å²) in [6.07, 6.45) is 0. The second-order valence-corrected chi connectivity index (χ2v) is 15.2. The minimum absolute atomic E-state index is 0.167. The molecule has 1 aromatic heterocycles. The van der Waals surface area contributed by atoms with E-state index in [1.807, 2.05) is 60.7 Å². The Bertz CT molecular complexity index is 3360. The van der Waals surface area contributed by atoms with E-state index < -0.39 is 0 Å². The molecule has 0 fully saturated rings. The largest absolute Gasteiger partial charge is 0.292 e. The van der Waals surface area contributed by atoms with E-state index in [2.05, 4.69) is 77.4 Å². The van der Waals surface area contributed by atoms with Gasteiger partial charge in [-0.05, 0) is 101 Å². The maximum atomic E-state index is 7.11. The summed E-state index contributed by atoms with van der Waals surface area (Å²) in [6.45, 7) is 0. The molecule has 0 saturated carbocycles. The van der Waals surface area contributed by atoms with E-state index in [1.165, 1.54) is 11.1 Å². The van der Waals surface area contributed by atoms with Gasteiger partial charge in [-0.15, -0.1) is 21.9 Å². The number of nitrogens with zero attached hydrogens (tertiary/aromatic N) is 2. The summed E-state index contributed by atoms with van der Waals surface area (Å²) < 4.78 is 2.16. The van der Waals surface area contributed by atoms with Gasteiger partial charge in [0.2, 0.25) is 0 Å². The minimum atomic E-state index is 0.167. The van der Waals surface area contributed by atoms with Crippen LogP contribution in [0.4, 0.5) is 0 Å². The van der Waals surface area contributed by atoms with Gasteiger partial charge in [0.25, 0.3) is 0 Å². The van der Waals surface area contributed by atoms with Crippen molar-refractivity contribution in [2.24, 2.45) is 0 Å². The first-order valence-electron chi connectivity index (χ1n) is 19.2. The zero-order valence-electron chi connectivity index (χ0n) is 31.7. The third kappa shape index (κ3) is 4.96. The van der Waals surface area contributed by atoms with E-state index in [0.29, 0.717) is 32.7 Å². The highest BCUT2D eigenvalue weighted by Gasteiger charge is 2.28. The van der Waals surface area contributed by atoms with Gasteiger partial charge in [0.1, 0.15) is 68.6 Å². The Labute approximate surface area is 352 Å². The fourth-order valence-corrected chi connectivity index (χ4v) is 9.37. The van der Waals surface area contributed by atoms with Crippen LogP contribution in [-0.4, -0.2) is 72.3 Å². The molecule has 9 aromatic carbocycles. The molecule has 1 heterocycles. The summed E-state index contributed by atoms with van der Waals surface area (Å²) in [5.74, 6) is 0.782. The minimum Gasteiger partial charge on any atom is -0.292 e. The van der Waals surface area contributed by atoms with Crippen LogP contribution in [0.25, 0.3) is 105 Å². The van der Waals surface area contributed by atoms with Crippen molar-refractivity contribution in [2.45, 2.75) is 0 Å². The van der Waals surface area contributed by atoms with Crippen LogP contribution in [0.5, 0.6) is 0 Å². The summed E-state index contributed by atoms with van der Waals surface area (Å²) in [6, 6.07) is 45.3. The predicted octanol–water partition coefficient (Wildman–Crippen LogP) is 3.48. The van der Waals surface area contributed by atoms with Crippen molar-refractivity contribution < 1.29 is 0 Å². The SMILES string of the molecule is [B]c1c([B])c([B])c2c(-c3ccc4c5c(cccc35)-c3ccccc3-4)c3c([B])c([B])c([B])c([B])c3c(-c3ccc(-c4nc5ccccc5n4-c4ccccc4)cc3)c2c1[B]. The van der Waals surface area contributed by atoms with Crippen molar-refractivity contribution in [3.63, 3.8) is 0 Å². The Morgan fingerprint density at radius 2 is 0.814 bits per heavy atom. The number of para-hydroxylation sites is 3. The summed E-state index contributed by atoms with van der Waals surface area (Å²) >= 11 is 0. The summed E-state index contributed by atoms with van der Waals surface area (Å²) in [5.41, 5.74) is 13.0. The molecule has 59 heavy (non-hydrogen) atoms. The van der Waals surface area contributed by atoms with E-state index >= 15 is 0 Å². The predicted molar refractivity (Wildman–Crippen MR) is 257 cm³/mol. The molecule has 2 nitrogen and oxygen atoms in total. The summed E-state index contributed by atoms with van der Waals surface area (Å²) in [4.78, 5) is 5.08. The third-order valence-corrected chi connectivity index (χ3v) is 12.1. The summed E-state index contributed by atoms with van der Waals surface area (Å²) in [5, 5.41) is 4.40. The van der Waals surface area contributed by atoms with Gasteiger partial charge in [0.05, 0.1) is 11.0 Å². The highest BCUT2D eigenvalue weighted by Crippen LogP contribution is 2.51. The second kappa shape index (κ2) is 13.1. The van der Waals surface area contributed by atoms with Crippen molar-refractivity contribution in [3.05, 3.63) is 133 Å². The Hall–Kier alpha value is -6.25. The second-order valence-electron chi connectivity index (χ2n) is 15.2. The van der Waals surface area contributed by atoms with Crippen molar-refractivity contribution in [1.82, 2.24) is 9.55 Å². The van der Waals surface area contributed by atoms with Crippen LogP contribution in [0.1, 0.15) is 0 Å². The van der Waals surface area contributed by atoms with Crippen LogP contribution >= 0.6 is 0 Å². The zero-order valence-corrected chi connectivity index (χ0v) is 31.7. The van der Waals surface area contributed by atoms with Crippen LogP contribution in [0.15, 0.2) is 133 Å². The van der Waals surface area contributed by atoms with E-state index in [4.69, 9.17) is 67.8 Å². The quantitative estimate of drug-likeness (QED) is 0.201. The third-order valence-electron chi connectivity index (χ3n) is 12.1. The van der Waals surface area contributed by atoms with Gasteiger partial charge in [-0.2, -0.15) is 0 Å². The summed E-state index contributed by atoms with van der Waals surface area (Å²) in [7, 11) is 55.3. The topological polar surface area (TPSA) is 17.8 Å². The number of imidazole rings is 1. The lowest BCUT2D eigenvalue weighted by molar-refractivity contribution is 1.10. The standard InChI is InChI=1S/C49H22B8N2/c50-41-37-34(23-17-19-24(20-18-23)49-58-32-15-6-7-16-33(32)59(49)25-9-2-1-3-10-25)38-40(44(53)48(57)46(55)42(38)51)36(39(37)43(52)47(56)45(41)54)31-22-21-30-27-12-5-4-11-26(27)28-13-8-14-29(31)35(28)30/h1-22H. The molecule has 0 aliphatic heterocycles.